The number of carbonyl (C=O) groups is 1. The molecule has 2 aromatic carbocycles. The first-order valence-corrected chi connectivity index (χ1v) is 9.07. The van der Waals surface area contributed by atoms with E-state index in [1.807, 2.05) is 18.2 Å². The van der Waals surface area contributed by atoms with E-state index in [2.05, 4.69) is 11.6 Å². The summed E-state index contributed by atoms with van der Waals surface area (Å²) < 4.78 is 1.72. The number of H-pyrrole nitrogens is 1. The number of rotatable bonds is 5. The standard InChI is InChI=1S/C20H18ClN3O2S/c1-3-10-24-19(26)15-9-8-13(11-17(15)22-20(24)27)18(25)23(2)12-14-6-4-5-7-16(14)21/h3-9,11H,1,10,12H2,2H3,(H,22,27). The van der Waals surface area contributed by atoms with E-state index in [-0.39, 0.29) is 11.5 Å². The highest BCUT2D eigenvalue weighted by molar-refractivity contribution is 7.71. The van der Waals surface area contributed by atoms with Gasteiger partial charge in [-0.1, -0.05) is 35.9 Å². The van der Waals surface area contributed by atoms with Gasteiger partial charge in [-0.15, -0.1) is 6.58 Å². The number of aromatic amines is 1. The minimum absolute atomic E-state index is 0.175. The number of nitrogens with zero attached hydrogens (tertiary/aromatic N) is 2. The summed E-state index contributed by atoms with van der Waals surface area (Å²) in [7, 11) is 1.71. The van der Waals surface area contributed by atoms with Crippen molar-refractivity contribution in [3.05, 3.63) is 86.4 Å². The Kier molecular flexibility index (Phi) is 5.58. The maximum atomic E-state index is 12.8. The van der Waals surface area contributed by atoms with Gasteiger partial charge in [0.1, 0.15) is 0 Å². The second-order valence-corrected chi connectivity index (χ2v) is 6.94. The van der Waals surface area contributed by atoms with Gasteiger partial charge in [-0.2, -0.15) is 0 Å². The van der Waals surface area contributed by atoms with E-state index >= 15 is 0 Å². The zero-order valence-corrected chi connectivity index (χ0v) is 16.3. The summed E-state index contributed by atoms with van der Waals surface area (Å²) in [6, 6.07) is 12.3. The Bertz CT molecular complexity index is 1150. The molecule has 0 saturated carbocycles. The molecule has 5 nitrogen and oxygen atoms in total. The van der Waals surface area contributed by atoms with Crippen molar-refractivity contribution in [1.29, 1.82) is 0 Å². The van der Waals surface area contributed by atoms with Crippen molar-refractivity contribution in [2.24, 2.45) is 0 Å². The fraction of sp³-hybridized carbons (Fsp3) is 0.150. The molecule has 0 spiro atoms. The molecular formula is C20H18ClN3O2S. The fourth-order valence-electron chi connectivity index (χ4n) is 2.86. The van der Waals surface area contributed by atoms with E-state index in [9.17, 15) is 9.59 Å². The molecule has 1 amide bonds. The summed E-state index contributed by atoms with van der Waals surface area (Å²) in [4.78, 5) is 29.9. The number of hydrogen-bond acceptors (Lipinski definition) is 3. The van der Waals surface area contributed by atoms with Crippen LogP contribution in [0.3, 0.4) is 0 Å². The summed E-state index contributed by atoms with van der Waals surface area (Å²) in [5.74, 6) is -0.175. The van der Waals surface area contributed by atoms with Gasteiger partial charge in [0.15, 0.2) is 4.77 Å². The van der Waals surface area contributed by atoms with Crippen LogP contribution in [0.5, 0.6) is 0 Å². The van der Waals surface area contributed by atoms with E-state index in [1.165, 1.54) is 4.57 Å². The third-order valence-corrected chi connectivity index (χ3v) is 4.94. The van der Waals surface area contributed by atoms with Gasteiger partial charge in [-0.25, -0.2) is 0 Å². The van der Waals surface area contributed by atoms with Crippen LogP contribution in [-0.4, -0.2) is 27.4 Å². The van der Waals surface area contributed by atoms with E-state index in [1.54, 1.807) is 42.3 Å². The van der Waals surface area contributed by atoms with Crippen LogP contribution < -0.4 is 5.56 Å². The molecule has 0 atom stereocenters. The molecule has 0 aliphatic carbocycles. The Morgan fingerprint density at radius 1 is 1.33 bits per heavy atom. The van der Waals surface area contributed by atoms with Crippen molar-refractivity contribution in [3.63, 3.8) is 0 Å². The first-order chi connectivity index (χ1) is 12.9. The number of nitrogens with one attached hydrogen (secondary N) is 1. The number of hydrogen-bond donors (Lipinski definition) is 1. The second-order valence-electron chi connectivity index (χ2n) is 6.15. The minimum Gasteiger partial charge on any atom is -0.337 e. The van der Waals surface area contributed by atoms with Crippen molar-refractivity contribution in [2.45, 2.75) is 13.1 Å². The molecule has 7 heteroatoms. The third kappa shape index (κ3) is 3.86. The minimum atomic E-state index is -0.211. The van der Waals surface area contributed by atoms with E-state index in [0.717, 1.165) is 5.56 Å². The highest BCUT2D eigenvalue weighted by atomic mass is 35.5. The maximum Gasteiger partial charge on any atom is 0.262 e. The Morgan fingerprint density at radius 3 is 2.78 bits per heavy atom. The molecule has 0 unspecified atom stereocenters. The van der Waals surface area contributed by atoms with Crippen LogP contribution in [-0.2, 0) is 13.1 Å². The number of carbonyl (C=O) groups excluding carboxylic acids is 1. The van der Waals surface area contributed by atoms with Crippen LogP contribution >= 0.6 is 23.8 Å². The molecule has 1 heterocycles. The number of allylic oxidation sites excluding steroid dienone is 1. The van der Waals surface area contributed by atoms with Gasteiger partial charge in [-0.3, -0.25) is 14.2 Å². The van der Waals surface area contributed by atoms with E-state index < -0.39 is 0 Å². The Labute approximate surface area is 166 Å². The monoisotopic (exact) mass is 399 g/mol. The predicted molar refractivity (Wildman–Crippen MR) is 111 cm³/mol. The second kappa shape index (κ2) is 7.90. The molecule has 3 aromatic rings. The molecule has 0 fully saturated rings. The number of fused-ring (bicyclic) bond motifs is 1. The molecule has 0 radical (unpaired) electrons. The molecule has 0 saturated heterocycles. The fourth-order valence-corrected chi connectivity index (χ4v) is 3.32. The average molecular weight is 400 g/mol. The SMILES string of the molecule is C=CCn1c(=S)[nH]c2cc(C(=O)N(C)Cc3ccccc3Cl)ccc2c1=O. The smallest absolute Gasteiger partial charge is 0.262 e. The summed E-state index contributed by atoms with van der Waals surface area (Å²) >= 11 is 11.4. The lowest BCUT2D eigenvalue weighted by Crippen LogP contribution is -2.26. The molecular weight excluding hydrogens is 382 g/mol. The average Bonchev–Trinajstić information content (AvgIpc) is 2.65. The first-order valence-electron chi connectivity index (χ1n) is 8.29. The van der Waals surface area contributed by atoms with Crippen LogP contribution in [0.2, 0.25) is 5.02 Å². The van der Waals surface area contributed by atoms with Gasteiger partial charge in [0.25, 0.3) is 11.5 Å². The van der Waals surface area contributed by atoms with Crippen LogP contribution in [0.4, 0.5) is 0 Å². The summed E-state index contributed by atoms with van der Waals surface area (Å²) in [5, 5.41) is 1.08. The van der Waals surface area contributed by atoms with Gasteiger partial charge in [-0.05, 0) is 42.0 Å². The molecule has 1 aromatic heterocycles. The lowest BCUT2D eigenvalue weighted by molar-refractivity contribution is 0.0785. The summed E-state index contributed by atoms with van der Waals surface area (Å²) in [6.07, 6.45) is 1.61. The van der Waals surface area contributed by atoms with Crippen LogP contribution in [0.15, 0.2) is 59.9 Å². The number of benzene rings is 2. The lowest BCUT2D eigenvalue weighted by Gasteiger charge is -2.18. The van der Waals surface area contributed by atoms with E-state index in [0.29, 0.717) is 39.3 Å². The van der Waals surface area contributed by atoms with Crippen molar-refractivity contribution < 1.29 is 4.79 Å². The maximum absolute atomic E-state index is 12.8. The van der Waals surface area contributed by atoms with Gasteiger partial charge in [0.05, 0.1) is 10.9 Å². The van der Waals surface area contributed by atoms with Crippen molar-refractivity contribution in [2.75, 3.05) is 7.05 Å². The molecule has 138 valence electrons. The van der Waals surface area contributed by atoms with Crippen molar-refractivity contribution >= 4 is 40.6 Å². The third-order valence-electron chi connectivity index (χ3n) is 4.25. The highest BCUT2D eigenvalue weighted by Gasteiger charge is 2.15. The zero-order valence-electron chi connectivity index (χ0n) is 14.7. The van der Waals surface area contributed by atoms with Gasteiger partial charge < -0.3 is 9.88 Å². The van der Waals surface area contributed by atoms with Crippen LogP contribution in [0.25, 0.3) is 10.9 Å². The first kappa shape index (κ1) is 19.1. The predicted octanol–water partition coefficient (Wildman–Crippen LogP) is 4.17. The molecule has 27 heavy (non-hydrogen) atoms. The Balaban J connectivity index is 1.95. The topological polar surface area (TPSA) is 58.1 Å². The zero-order chi connectivity index (χ0) is 19.6. The molecule has 0 aliphatic heterocycles. The molecule has 0 bridgehead atoms. The quantitative estimate of drug-likeness (QED) is 0.517. The van der Waals surface area contributed by atoms with Crippen LogP contribution in [0.1, 0.15) is 15.9 Å². The summed E-state index contributed by atoms with van der Waals surface area (Å²) in [6.45, 7) is 4.34. The van der Waals surface area contributed by atoms with Gasteiger partial charge in [0.2, 0.25) is 0 Å². The largest absolute Gasteiger partial charge is 0.337 e. The summed E-state index contributed by atoms with van der Waals surface area (Å²) in [5.41, 5.74) is 1.64. The van der Waals surface area contributed by atoms with E-state index in [4.69, 9.17) is 23.8 Å². The van der Waals surface area contributed by atoms with Gasteiger partial charge in [0, 0.05) is 30.7 Å². The number of amides is 1. The van der Waals surface area contributed by atoms with Crippen molar-refractivity contribution in [1.82, 2.24) is 14.5 Å². The van der Waals surface area contributed by atoms with Gasteiger partial charge >= 0.3 is 0 Å². The molecule has 1 N–H and O–H groups in total. The van der Waals surface area contributed by atoms with Crippen molar-refractivity contribution in [3.8, 4) is 0 Å². The Morgan fingerprint density at radius 2 is 2.07 bits per heavy atom. The lowest BCUT2D eigenvalue weighted by atomic mass is 10.1. The molecule has 3 rings (SSSR count). The van der Waals surface area contributed by atoms with Crippen LogP contribution in [0, 0.1) is 4.77 Å². The number of halogens is 1. The highest BCUT2D eigenvalue weighted by Crippen LogP contribution is 2.18. The Hall–Kier alpha value is -2.70. The molecule has 0 aliphatic rings. The number of aromatic nitrogens is 2. The normalized spacial score (nSPS) is 10.7.